The molecule has 1 fully saturated rings. The predicted octanol–water partition coefficient (Wildman–Crippen LogP) is 1.66. The Morgan fingerprint density at radius 3 is 3.00 bits per heavy atom. The van der Waals surface area contributed by atoms with E-state index in [4.69, 9.17) is 4.74 Å². The second-order valence-electron chi connectivity index (χ2n) is 5.04. The molecule has 5 nitrogen and oxygen atoms in total. The van der Waals surface area contributed by atoms with E-state index in [0.29, 0.717) is 25.3 Å². The number of anilines is 1. The molecule has 0 bridgehead atoms. The van der Waals surface area contributed by atoms with Crippen LogP contribution < -0.4 is 15.0 Å². The molecule has 1 N–H and O–H groups in total. The first kappa shape index (κ1) is 15.1. The summed E-state index contributed by atoms with van der Waals surface area (Å²) < 4.78 is 5.31. The molecule has 0 radical (unpaired) electrons. The van der Waals surface area contributed by atoms with E-state index in [2.05, 4.69) is 11.9 Å². The Labute approximate surface area is 124 Å². The molecule has 1 aliphatic heterocycles. The summed E-state index contributed by atoms with van der Waals surface area (Å²) in [5.41, 5.74) is 1.76. The van der Waals surface area contributed by atoms with Crippen molar-refractivity contribution in [3.05, 3.63) is 36.4 Å². The lowest BCUT2D eigenvalue weighted by atomic mass is 10.1. The highest BCUT2D eigenvalue weighted by molar-refractivity contribution is 6.10. The van der Waals surface area contributed by atoms with Crippen LogP contribution in [0.15, 0.2) is 30.9 Å². The SMILES string of the molecule is C=CCNC(=O)C1CCN(c2cc(C)ccc2OC)C1=O. The monoisotopic (exact) mass is 288 g/mol. The van der Waals surface area contributed by atoms with Gasteiger partial charge in [0.1, 0.15) is 11.7 Å². The Hall–Kier alpha value is -2.30. The summed E-state index contributed by atoms with van der Waals surface area (Å²) in [6.45, 7) is 6.39. The average molecular weight is 288 g/mol. The highest BCUT2D eigenvalue weighted by Crippen LogP contribution is 2.33. The summed E-state index contributed by atoms with van der Waals surface area (Å²) in [4.78, 5) is 26.1. The zero-order valence-corrected chi connectivity index (χ0v) is 12.4. The van der Waals surface area contributed by atoms with Crippen LogP contribution in [0.1, 0.15) is 12.0 Å². The minimum atomic E-state index is -0.629. The summed E-state index contributed by atoms with van der Waals surface area (Å²) >= 11 is 0. The van der Waals surface area contributed by atoms with Crippen LogP contribution in [0, 0.1) is 12.8 Å². The molecule has 1 atom stereocenters. The van der Waals surface area contributed by atoms with E-state index in [0.717, 1.165) is 11.3 Å². The van der Waals surface area contributed by atoms with Crippen LogP contribution in [-0.4, -0.2) is 32.0 Å². The second-order valence-corrected chi connectivity index (χ2v) is 5.04. The van der Waals surface area contributed by atoms with Crippen LogP contribution in [0.4, 0.5) is 5.69 Å². The quantitative estimate of drug-likeness (QED) is 0.662. The molecule has 1 saturated heterocycles. The van der Waals surface area contributed by atoms with Crippen LogP contribution in [0.25, 0.3) is 0 Å². The minimum absolute atomic E-state index is 0.180. The molecule has 5 heteroatoms. The third kappa shape index (κ3) is 3.07. The maximum Gasteiger partial charge on any atom is 0.239 e. The summed E-state index contributed by atoms with van der Waals surface area (Å²) in [7, 11) is 1.57. The van der Waals surface area contributed by atoms with Crippen molar-refractivity contribution < 1.29 is 14.3 Å². The number of hydrogen-bond acceptors (Lipinski definition) is 3. The number of hydrogen-bond donors (Lipinski definition) is 1. The summed E-state index contributed by atoms with van der Waals surface area (Å²) in [6.07, 6.45) is 2.11. The fraction of sp³-hybridized carbons (Fsp3) is 0.375. The number of aryl methyl sites for hydroxylation is 1. The van der Waals surface area contributed by atoms with E-state index in [1.54, 1.807) is 18.1 Å². The first-order valence-corrected chi connectivity index (χ1v) is 6.93. The standard InChI is InChI=1S/C16H20N2O3/c1-4-8-17-15(19)12-7-9-18(16(12)20)13-10-11(2)5-6-14(13)21-3/h4-6,10,12H,1,7-9H2,2-3H3,(H,17,19). The third-order valence-electron chi connectivity index (χ3n) is 3.57. The van der Waals surface area contributed by atoms with Crippen molar-refractivity contribution in [2.75, 3.05) is 25.1 Å². The lowest BCUT2D eigenvalue weighted by molar-refractivity contribution is -0.131. The van der Waals surface area contributed by atoms with Crippen LogP contribution in [-0.2, 0) is 9.59 Å². The lowest BCUT2D eigenvalue weighted by Crippen LogP contribution is -2.37. The lowest BCUT2D eigenvalue weighted by Gasteiger charge is -2.20. The van der Waals surface area contributed by atoms with Gasteiger partial charge in [0, 0.05) is 13.1 Å². The molecule has 0 aromatic heterocycles. The van der Waals surface area contributed by atoms with Gasteiger partial charge in [-0.25, -0.2) is 0 Å². The number of carbonyl (C=O) groups excluding carboxylic acids is 2. The zero-order chi connectivity index (χ0) is 15.4. The van der Waals surface area contributed by atoms with Gasteiger partial charge in [-0.1, -0.05) is 12.1 Å². The fourth-order valence-electron chi connectivity index (χ4n) is 2.47. The number of rotatable bonds is 5. The molecule has 21 heavy (non-hydrogen) atoms. The average Bonchev–Trinajstić information content (AvgIpc) is 2.86. The van der Waals surface area contributed by atoms with Crippen LogP contribution >= 0.6 is 0 Å². The Morgan fingerprint density at radius 1 is 1.57 bits per heavy atom. The van der Waals surface area contributed by atoms with Gasteiger partial charge in [0.15, 0.2) is 0 Å². The van der Waals surface area contributed by atoms with Gasteiger partial charge in [-0.15, -0.1) is 6.58 Å². The minimum Gasteiger partial charge on any atom is -0.495 e. The first-order chi connectivity index (χ1) is 10.1. The van der Waals surface area contributed by atoms with Gasteiger partial charge >= 0.3 is 0 Å². The number of ether oxygens (including phenoxy) is 1. The van der Waals surface area contributed by atoms with E-state index in [1.165, 1.54) is 0 Å². The van der Waals surface area contributed by atoms with Crippen molar-refractivity contribution in [2.24, 2.45) is 5.92 Å². The highest BCUT2D eigenvalue weighted by Gasteiger charge is 2.38. The van der Waals surface area contributed by atoms with E-state index in [1.807, 2.05) is 25.1 Å². The topological polar surface area (TPSA) is 58.6 Å². The second kappa shape index (κ2) is 6.43. The highest BCUT2D eigenvalue weighted by atomic mass is 16.5. The fourth-order valence-corrected chi connectivity index (χ4v) is 2.47. The molecule has 2 amide bonds. The van der Waals surface area contributed by atoms with E-state index < -0.39 is 5.92 Å². The van der Waals surface area contributed by atoms with Crippen molar-refractivity contribution in [2.45, 2.75) is 13.3 Å². The van der Waals surface area contributed by atoms with Crippen LogP contribution in [0.5, 0.6) is 5.75 Å². The Kier molecular flexibility index (Phi) is 4.62. The van der Waals surface area contributed by atoms with Gasteiger partial charge in [0.25, 0.3) is 0 Å². The van der Waals surface area contributed by atoms with Crippen LogP contribution in [0.3, 0.4) is 0 Å². The Bertz CT molecular complexity index is 569. The smallest absolute Gasteiger partial charge is 0.239 e. The van der Waals surface area contributed by atoms with E-state index in [-0.39, 0.29) is 11.8 Å². The van der Waals surface area contributed by atoms with Gasteiger partial charge in [-0.2, -0.15) is 0 Å². The predicted molar refractivity (Wildman–Crippen MR) is 81.4 cm³/mol. The molecule has 1 heterocycles. The van der Waals surface area contributed by atoms with Crippen molar-refractivity contribution in [1.82, 2.24) is 5.32 Å². The number of nitrogens with zero attached hydrogens (tertiary/aromatic N) is 1. The molecule has 1 aromatic rings. The first-order valence-electron chi connectivity index (χ1n) is 6.93. The molecule has 112 valence electrons. The molecule has 1 unspecified atom stereocenters. The third-order valence-corrected chi connectivity index (χ3v) is 3.57. The number of amides is 2. The number of carbonyl (C=O) groups is 2. The maximum atomic E-state index is 12.5. The summed E-state index contributed by atoms with van der Waals surface area (Å²) in [5, 5.41) is 2.68. The van der Waals surface area contributed by atoms with Crippen LogP contribution in [0.2, 0.25) is 0 Å². The molecular weight excluding hydrogens is 268 g/mol. The normalized spacial score (nSPS) is 17.7. The maximum absolute atomic E-state index is 12.5. The number of benzene rings is 1. The molecule has 0 spiro atoms. The molecular formula is C16H20N2O3. The van der Waals surface area contributed by atoms with Crippen molar-refractivity contribution in [3.8, 4) is 5.75 Å². The molecule has 0 saturated carbocycles. The number of nitrogens with one attached hydrogen (secondary N) is 1. The molecule has 2 rings (SSSR count). The zero-order valence-electron chi connectivity index (χ0n) is 12.4. The van der Waals surface area contributed by atoms with Gasteiger partial charge in [0.2, 0.25) is 11.8 Å². The molecule has 1 aliphatic rings. The largest absolute Gasteiger partial charge is 0.495 e. The Morgan fingerprint density at radius 2 is 2.33 bits per heavy atom. The summed E-state index contributed by atoms with van der Waals surface area (Å²) in [5.74, 6) is -0.411. The molecule has 1 aromatic carbocycles. The van der Waals surface area contributed by atoms with Gasteiger partial charge < -0.3 is 15.0 Å². The van der Waals surface area contributed by atoms with Crippen molar-refractivity contribution in [3.63, 3.8) is 0 Å². The van der Waals surface area contributed by atoms with Crippen molar-refractivity contribution >= 4 is 17.5 Å². The van der Waals surface area contributed by atoms with Crippen molar-refractivity contribution in [1.29, 1.82) is 0 Å². The van der Waals surface area contributed by atoms with Gasteiger partial charge in [-0.3, -0.25) is 9.59 Å². The molecule has 0 aliphatic carbocycles. The number of methoxy groups -OCH3 is 1. The van der Waals surface area contributed by atoms with E-state index >= 15 is 0 Å². The van der Waals surface area contributed by atoms with E-state index in [9.17, 15) is 9.59 Å². The Balaban J connectivity index is 2.20. The van der Waals surface area contributed by atoms with Gasteiger partial charge in [-0.05, 0) is 31.0 Å². The van der Waals surface area contributed by atoms with Gasteiger partial charge in [0.05, 0.1) is 12.8 Å². The summed E-state index contributed by atoms with van der Waals surface area (Å²) in [6, 6.07) is 5.67.